The first-order chi connectivity index (χ1) is 9.02. The Kier molecular flexibility index (Phi) is 3.98. The molecule has 1 fully saturated rings. The van der Waals surface area contributed by atoms with Gasteiger partial charge in [-0.25, -0.2) is 0 Å². The second kappa shape index (κ2) is 5.51. The maximum atomic E-state index is 11.9. The molecule has 2 rings (SSSR count). The number of carbonyl (C=O) groups is 2. The molecule has 0 saturated carbocycles. The van der Waals surface area contributed by atoms with Crippen LogP contribution in [0.25, 0.3) is 0 Å². The van der Waals surface area contributed by atoms with Gasteiger partial charge in [0.15, 0.2) is 0 Å². The predicted octanol–water partition coefficient (Wildman–Crippen LogP) is 1.75. The Morgan fingerprint density at radius 3 is 2.84 bits per heavy atom. The van der Waals surface area contributed by atoms with Gasteiger partial charge >= 0.3 is 0 Å². The summed E-state index contributed by atoms with van der Waals surface area (Å²) in [6, 6.07) is 5.00. The van der Waals surface area contributed by atoms with Crippen LogP contribution in [0.2, 0.25) is 5.02 Å². The number of halogens is 1. The maximum absolute atomic E-state index is 11.9. The number of hydrogen-bond acceptors (Lipinski definition) is 4. The normalized spacial score (nSPS) is 18.4. The predicted molar refractivity (Wildman–Crippen MR) is 72.6 cm³/mol. The number of carbonyl (C=O) groups excluding carboxylic acids is 2. The molecule has 2 N–H and O–H groups in total. The third kappa shape index (κ3) is 2.83. The number of thiocyanates is 1. The summed E-state index contributed by atoms with van der Waals surface area (Å²) >= 11 is 7.10. The maximum Gasteiger partial charge on any atom is 0.227 e. The van der Waals surface area contributed by atoms with E-state index in [2.05, 4.69) is 0 Å². The summed E-state index contributed by atoms with van der Waals surface area (Å²) in [6.07, 6.45) is 0.111. The van der Waals surface area contributed by atoms with E-state index in [4.69, 9.17) is 22.6 Å². The summed E-state index contributed by atoms with van der Waals surface area (Å²) in [7, 11) is 0. The van der Waals surface area contributed by atoms with Crippen molar-refractivity contribution in [1.82, 2.24) is 0 Å². The molecule has 2 amide bonds. The first-order valence-corrected chi connectivity index (χ1v) is 6.67. The lowest BCUT2D eigenvalue weighted by molar-refractivity contribution is -0.123. The van der Waals surface area contributed by atoms with Crippen LogP contribution in [0, 0.1) is 16.6 Å². The largest absolute Gasteiger partial charge is 0.369 e. The van der Waals surface area contributed by atoms with Crippen LogP contribution >= 0.6 is 23.4 Å². The summed E-state index contributed by atoms with van der Waals surface area (Å²) in [5, 5.41) is 10.9. The highest BCUT2D eigenvalue weighted by Crippen LogP contribution is 2.34. The molecule has 1 aromatic rings. The van der Waals surface area contributed by atoms with E-state index in [1.165, 1.54) is 4.90 Å². The quantitative estimate of drug-likeness (QED) is 0.680. The molecule has 1 aliphatic rings. The molecule has 0 aromatic heterocycles. The number of thioether (sulfide) groups is 1. The molecule has 1 unspecified atom stereocenters. The molecule has 19 heavy (non-hydrogen) atoms. The second-order valence-corrected chi connectivity index (χ2v) is 5.38. The Bertz CT molecular complexity index is 585. The molecule has 1 saturated heterocycles. The summed E-state index contributed by atoms with van der Waals surface area (Å²) in [5.41, 5.74) is 5.75. The number of nitrogens with two attached hydrogens (primary N) is 1. The van der Waals surface area contributed by atoms with Crippen LogP contribution in [0.15, 0.2) is 23.1 Å². The molecule has 1 aliphatic heterocycles. The van der Waals surface area contributed by atoms with E-state index in [0.29, 0.717) is 15.6 Å². The lowest BCUT2D eigenvalue weighted by Gasteiger charge is -2.18. The monoisotopic (exact) mass is 295 g/mol. The van der Waals surface area contributed by atoms with Gasteiger partial charge in [-0.3, -0.25) is 9.59 Å². The highest BCUT2D eigenvalue weighted by atomic mass is 35.5. The van der Waals surface area contributed by atoms with E-state index in [1.54, 1.807) is 18.2 Å². The smallest absolute Gasteiger partial charge is 0.227 e. The number of anilines is 1. The fraction of sp³-hybridized carbons (Fsp3) is 0.250. The van der Waals surface area contributed by atoms with Crippen LogP contribution in [-0.4, -0.2) is 18.4 Å². The lowest BCUT2D eigenvalue weighted by atomic mass is 10.1. The molecular formula is C12H10ClN3O2S. The molecule has 0 bridgehead atoms. The van der Waals surface area contributed by atoms with Gasteiger partial charge < -0.3 is 10.6 Å². The Morgan fingerprint density at radius 1 is 1.58 bits per heavy atom. The van der Waals surface area contributed by atoms with Gasteiger partial charge in [-0.2, -0.15) is 5.26 Å². The lowest BCUT2D eigenvalue weighted by Crippen LogP contribution is -2.28. The van der Waals surface area contributed by atoms with Gasteiger partial charge in [0.05, 0.1) is 16.6 Å². The number of hydrogen-bond donors (Lipinski definition) is 1. The summed E-state index contributed by atoms with van der Waals surface area (Å²) < 4.78 is 0. The van der Waals surface area contributed by atoms with Crippen molar-refractivity contribution < 1.29 is 9.59 Å². The third-order valence-electron chi connectivity index (χ3n) is 2.90. The van der Waals surface area contributed by atoms with Gasteiger partial charge in [-0.05, 0) is 30.0 Å². The van der Waals surface area contributed by atoms with Crippen molar-refractivity contribution in [2.45, 2.75) is 11.3 Å². The van der Waals surface area contributed by atoms with E-state index in [9.17, 15) is 9.59 Å². The van der Waals surface area contributed by atoms with E-state index >= 15 is 0 Å². The van der Waals surface area contributed by atoms with Crippen LogP contribution < -0.4 is 10.6 Å². The first-order valence-electron chi connectivity index (χ1n) is 5.48. The van der Waals surface area contributed by atoms with Crippen LogP contribution in [0.5, 0.6) is 0 Å². The summed E-state index contributed by atoms with van der Waals surface area (Å²) in [6.45, 7) is 0.249. The molecule has 98 valence electrons. The van der Waals surface area contributed by atoms with Crippen molar-refractivity contribution in [2.24, 2.45) is 11.7 Å². The first kappa shape index (κ1) is 13.7. The molecule has 0 aliphatic carbocycles. The SMILES string of the molecule is N#CSc1ccc(N2CC(C(N)=O)CC2=O)c(Cl)c1. The van der Waals surface area contributed by atoms with Gasteiger partial charge in [-0.1, -0.05) is 11.6 Å². The molecule has 7 heteroatoms. The molecule has 0 spiro atoms. The fourth-order valence-electron chi connectivity index (χ4n) is 1.95. The zero-order valence-corrected chi connectivity index (χ0v) is 11.4. The van der Waals surface area contributed by atoms with Gasteiger partial charge in [0.2, 0.25) is 11.8 Å². The Hall–Kier alpha value is -1.71. The Labute approximate surface area is 119 Å². The second-order valence-electron chi connectivity index (χ2n) is 4.11. The molecule has 0 radical (unpaired) electrons. The highest BCUT2D eigenvalue weighted by molar-refractivity contribution is 8.03. The van der Waals surface area contributed by atoms with Crippen molar-refractivity contribution >= 4 is 40.9 Å². The number of nitrogens with zero attached hydrogens (tertiary/aromatic N) is 2. The van der Waals surface area contributed by atoms with E-state index in [1.807, 2.05) is 5.40 Å². The number of rotatable bonds is 3. The molecule has 5 nitrogen and oxygen atoms in total. The number of nitriles is 1. The van der Waals surface area contributed by atoms with Crippen molar-refractivity contribution in [3.8, 4) is 5.40 Å². The van der Waals surface area contributed by atoms with E-state index in [-0.39, 0.29) is 18.9 Å². The molecule has 1 aromatic carbocycles. The zero-order chi connectivity index (χ0) is 14.0. The zero-order valence-electron chi connectivity index (χ0n) is 9.80. The number of benzene rings is 1. The minimum absolute atomic E-state index is 0.111. The topological polar surface area (TPSA) is 87.2 Å². The van der Waals surface area contributed by atoms with Crippen molar-refractivity contribution in [1.29, 1.82) is 5.26 Å². The van der Waals surface area contributed by atoms with Crippen molar-refractivity contribution in [3.63, 3.8) is 0 Å². The van der Waals surface area contributed by atoms with Gasteiger partial charge in [0, 0.05) is 17.9 Å². The van der Waals surface area contributed by atoms with Gasteiger partial charge in [-0.15, -0.1) is 0 Å². The van der Waals surface area contributed by atoms with E-state index in [0.717, 1.165) is 11.8 Å². The fourth-order valence-corrected chi connectivity index (χ4v) is 2.72. The highest BCUT2D eigenvalue weighted by Gasteiger charge is 2.34. The minimum atomic E-state index is -0.483. The molecular weight excluding hydrogens is 286 g/mol. The number of primary amides is 1. The average Bonchev–Trinajstić information content (AvgIpc) is 2.72. The molecule has 1 heterocycles. The van der Waals surface area contributed by atoms with Gasteiger partial charge in [0.1, 0.15) is 5.40 Å². The standard InChI is InChI=1S/C12H10ClN3O2S/c13-9-4-8(19-6-14)1-2-10(9)16-5-7(12(15)18)3-11(16)17/h1-2,4,7H,3,5H2,(H2,15,18). The number of amides is 2. The van der Waals surface area contributed by atoms with E-state index < -0.39 is 11.8 Å². The Balaban J connectivity index is 2.26. The average molecular weight is 296 g/mol. The van der Waals surface area contributed by atoms with Crippen LogP contribution in [0.1, 0.15) is 6.42 Å². The summed E-state index contributed by atoms with van der Waals surface area (Å²) in [5.74, 6) is -1.13. The summed E-state index contributed by atoms with van der Waals surface area (Å²) in [4.78, 5) is 25.1. The van der Waals surface area contributed by atoms with Crippen LogP contribution in [0.4, 0.5) is 5.69 Å². The van der Waals surface area contributed by atoms with Gasteiger partial charge in [0.25, 0.3) is 0 Å². The van der Waals surface area contributed by atoms with Crippen molar-refractivity contribution in [2.75, 3.05) is 11.4 Å². The molecule has 1 atom stereocenters. The van der Waals surface area contributed by atoms with Crippen LogP contribution in [-0.2, 0) is 9.59 Å². The minimum Gasteiger partial charge on any atom is -0.369 e. The van der Waals surface area contributed by atoms with Crippen molar-refractivity contribution in [3.05, 3.63) is 23.2 Å². The Morgan fingerprint density at radius 2 is 2.32 bits per heavy atom. The van der Waals surface area contributed by atoms with Crippen LogP contribution in [0.3, 0.4) is 0 Å². The third-order valence-corrected chi connectivity index (χ3v) is 3.78.